The summed E-state index contributed by atoms with van der Waals surface area (Å²) < 4.78 is 50.7. The van der Waals surface area contributed by atoms with Crippen LogP contribution in [0, 0.1) is 0 Å². The van der Waals surface area contributed by atoms with E-state index in [0.717, 1.165) is 5.56 Å². The number of rotatable bonds is 8. The summed E-state index contributed by atoms with van der Waals surface area (Å²) in [5, 5.41) is 6.98. The number of halogens is 2. The third-order valence-corrected chi connectivity index (χ3v) is 5.72. The highest BCUT2D eigenvalue weighted by atomic mass is 32.2. The van der Waals surface area contributed by atoms with Gasteiger partial charge in [-0.05, 0) is 18.4 Å². The number of carbonyl (C=O) groups excluding carboxylic acids is 1. The summed E-state index contributed by atoms with van der Waals surface area (Å²) in [6.07, 6.45) is 4.06. The zero-order chi connectivity index (χ0) is 20.9. The van der Waals surface area contributed by atoms with E-state index in [0.29, 0.717) is 39.0 Å². The van der Waals surface area contributed by atoms with Gasteiger partial charge in [-0.15, -0.1) is 0 Å². The molecule has 3 rings (SSSR count). The molecule has 158 valence electrons. The van der Waals surface area contributed by atoms with Gasteiger partial charge in [-0.3, -0.25) is 19.1 Å². The normalized spacial score (nSPS) is 16.1. The summed E-state index contributed by atoms with van der Waals surface area (Å²) in [5.74, 6) is -3.54. The van der Waals surface area contributed by atoms with Crippen molar-refractivity contribution in [3.05, 3.63) is 48.3 Å². The SMILES string of the molecule is O=C(CN1CCC(n2cc(NS(=O)(=O)C(F)F)cn2)CC1)NCc1ccccc1. The molecular formula is C18H23F2N5O3S. The largest absolute Gasteiger partial charge is 0.355 e. The highest BCUT2D eigenvalue weighted by Gasteiger charge is 2.26. The molecule has 0 bridgehead atoms. The van der Waals surface area contributed by atoms with Crippen molar-refractivity contribution >= 4 is 21.6 Å². The molecule has 1 amide bonds. The van der Waals surface area contributed by atoms with Crippen LogP contribution in [0.15, 0.2) is 42.7 Å². The van der Waals surface area contributed by atoms with Crippen molar-refractivity contribution in [3.8, 4) is 0 Å². The van der Waals surface area contributed by atoms with Crippen LogP contribution in [0.25, 0.3) is 0 Å². The predicted molar refractivity (Wildman–Crippen MR) is 104 cm³/mol. The van der Waals surface area contributed by atoms with E-state index in [2.05, 4.69) is 10.4 Å². The number of piperidine rings is 1. The minimum absolute atomic E-state index is 0.00743. The van der Waals surface area contributed by atoms with Gasteiger partial charge in [0.15, 0.2) is 0 Å². The fourth-order valence-corrected chi connectivity index (χ4v) is 3.72. The Hall–Kier alpha value is -2.53. The van der Waals surface area contributed by atoms with Gasteiger partial charge in [-0.25, -0.2) is 8.42 Å². The van der Waals surface area contributed by atoms with E-state index >= 15 is 0 Å². The van der Waals surface area contributed by atoms with E-state index in [4.69, 9.17) is 0 Å². The molecule has 1 aromatic carbocycles. The molecule has 2 aromatic rings. The molecule has 8 nitrogen and oxygen atoms in total. The van der Waals surface area contributed by atoms with Crippen LogP contribution >= 0.6 is 0 Å². The van der Waals surface area contributed by atoms with Gasteiger partial charge in [0.1, 0.15) is 0 Å². The molecule has 0 atom stereocenters. The number of nitrogens with zero attached hydrogens (tertiary/aromatic N) is 3. The summed E-state index contributed by atoms with van der Waals surface area (Å²) >= 11 is 0. The van der Waals surface area contributed by atoms with E-state index in [-0.39, 0.29) is 17.6 Å². The molecule has 2 heterocycles. The molecule has 1 aliphatic rings. The van der Waals surface area contributed by atoms with Crippen molar-refractivity contribution in [2.75, 3.05) is 24.4 Å². The van der Waals surface area contributed by atoms with Gasteiger partial charge < -0.3 is 5.32 Å². The number of aromatic nitrogens is 2. The van der Waals surface area contributed by atoms with E-state index in [9.17, 15) is 22.0 Å². The number of nitrogens with one attached hydrogen (secondary N) is 2. The summed E-state index contributed by atoms with van der Waals surface area (Å²) in [4.78, 5) is 14.2. The molecule has 0 aliphatic carbocycles. The molecule has 29 heavy (non-hydrogen) atoms. The van der Waals surface area contributed by atoms with Crippen LogP contribution in [-0.2, 0) is 21.4 Å². The number of alkyl halides is 2. The second kappa shape index (κ2) is 9.31. The highest BCUT2D eigenvalue weighted by molar-refractivity contribution is 7.93. The molecule has 1 fully saturated rings. The number of benzene rings is 1. The number of sulfonamides is 1. The zero-order valence-corrected chi connectivity index (χ0v) is 16.5. The number of carbonyl (C=O) groups is 1. The van der Waals surface area contributed by atoms with E-state index in [1.165, 1.54) is 12.4 Å². The highest BCUT2D eigenvalue weighted by Crippen LogP contribution is 2.23. The number of hydrogen-bond donors (Lipinski definition) is 2. The standard InChI is InChI=1S/C18H23F2N5O3S/c19-18(20)29(27,28)23-15-11-22-25(12-15)16-6-8-24(9-7-16)13-17(26)21-10-14-4-2-1-3-5-14/h1-5,11-12,16,18,23H,6-10,13H2,(H,21,26). The van der Waals surface area contributed by atoms with Crippen LogP contribution < -0.4 is 10.0 Å². The monoisotopic (exact) mass is 427 g/mol. The second-order valence-electron chi connectivity index (χ2n) is 6.89. The summed E-state index contributed by atoms with van der Waals surface area (Å²) in [6, 6.07) is 9.68. The first-order valence-corrected chi connectivity index (χ1v) is 10.7. The molecule has 2 N–H and O–H groups in total. The van der Waals surface area contributed by atoms with E-state index < -0.39 is 15.8 Å². The first-order chi connectivity index (χ1) is 13.8. The zero-order valence-electron chi connectivity index (χ0n) is 15.7. The lowest BCUT2D eigenvalue weighted by atomic mass is 10.1. The van der Waals surface area contributed by atoms with Gasteiger partial charge in [-0.2, -0.15) is 13.9 Å². The molecule has 0 unspecified atom stereocenters. The van der Waals surface area contributed by atoms with Crippen LogP contribution in [0.1, 0.15) is 24.4 Å². The van der Waals surface area contributed by atoms with Crippen molar-refractivity contribution in [1.82, 2.24) is 20.0 Å². The number of hydrogen-bond acceptors (Lipinski definition) is 5. The van der Waals surface area contributed by atoms with Crippen molar-refractivity contribution in [2.45, 2.75) is 31.2 Å². The van der Waals surface area contributed by atoms with Crippen molar-refractivity contribution in [1.29, 1.82) is 0 Å². The number of anilines is 1. The summed E-state index contributed by atoms with van der Waals surface area (Å²) in [7, 11) is -4.71. The number of amides is 1. The predicted octanol–water partition coefficient (Wildman–Crippen LogP) is 1.80. The smallest absolute Gasteiger partial charge is 0.351 e. The van der Waals surface area contributed by atoms with Gasteiger partial charge in [0.25, 0.3) is 10.0 Å². The molecule has 0 radical (unpaired) electrons. The first kappa shape index (κ1) is 21.2. The number of likely N-dealkylation sites (tertiary alicyclic amines) is 1. The van der Waals surface area contributed by atoms with Crippen LogP contribution in [0.2, 0.25) is 0 Å². The fourth-order valence-electron chi connectivity index (χ4n) is 3.20. The van der Waals surface area contributed by atoms with Crippen LogP contribution in [0.5, 0.6) is 0 Å². The molecule has 1 aromatic heterocycles. The lowest BCUT2D eigenvalue weighted by molar-refractivity contribution is -0.122. The van der Waals surface area contributed by atoms with Crippen LogP contribution in [-0.4, -0.2) is 54.4 Å². The van der Waals surface area contributed by atoms with Crippen LogP contribution in [0.3, 0.4) is 0 Å². The molecule has 1 saturated heterocycles. The van der Waals surface area contributed by atoms with Crippen LogP contribution in [0.4, 0.5) is 14.5 Å². The van der Waals surface area contributed by atoms with E-state index in [1.807, 2.05) is 40.0 Å². The van der Waals surface area contributed by atoms with Crippen molar-refractivity contribution in [2.24, 2.45) is 0 Å². The average molecular weight is 427 g/mol. The fraction of sp³-hybridized carbons (Fsp3) is 0.444. The third-order valence-electron chi connectivity index (χ3n) is 4.73. The third kappa shape index (κ3) is 5.97. The minimum atomic E-state index is -4.71. The average Bonchev–Trinajstić information content (AvgIpc) is 3.15. The van der Waals surface area contributed by atoms with Gasteiger partial charge in [-0.1, -0.05) is 30.3 Å². The van der Waals surface area contributed by atoms with Gasteiger partial charge in [0.05, 0.1) is 24.5 Å². The molecular weight excluding hydrogens is 404 g/mol. The van der Waals surface area contributed by atoms with Crippen molar-refractivity contribution < 1.29 is 22.0 Å². The topological polar surface area (TPSA) is 96.3 Å². The van der Waals surface area contributed by atoms with Gasteiger partial charge in [0, 0.05) is 25.8 Å². The Morgan fingerprint density at radius 2 is 1.90 bits per heavy atom. The Morgan fingerprint density at radius 3 is 2.55 bits per heavy atom. The Labute approximate surface area is 167 Å². The molecule has 0 spiro atoms. The lowest BCUT2D eigenvalue weighted by Gasteiger charge is -2.31. The molecule has 0 saturated carbocycles. The first-order valence-electron chi connectivity index (χ1n) is 9.20. The minimum Gasteiger partial charge on any atom is -0.351 e. The van der Waals surface area contributed by atoms with Crippen molar-refractivity contribution in [3.63, 3.8) is 0 Å². The Bertz CT molecular complexity index is 913. The lowest BCUT2D eigenvalue weighted by Crippen LogP contribution is -2.41. The Balaban J connectivity index is 1.44. The summed E-state index contributed by atoms with van der Waals surface area (Å²) in [5.41, 5.74) is 1.05. The maximum atomic E-state index is 12.4. The Kier molecular flexibility index (Phi) is 6.80. The van der Waals surface area contributed by atoms with E-state index in [1.54, 1.807) is 4.68 Å². The van der Waals surface area contributed by atoms with Gasteiger partial charge >= 0.3 is 5.76 Å². The second-order valence-corrected chi connectivity index (χ2v) is 8.54. The summed E-state index contributed by atoms with van der Waals surface area (Å²) in [6.45, 7) is 2.15. The Morgan fingerprint density at radius 1 is 1.21 bits per heavy atom. The molecule has 11 heteroatoms. The maximum Gasteiger partial charge on any atom is 0.355 e. The quantitative estimate of drug-likeness (QED) is 0.670. The maximum absolute atomic E-state index is 12.4. The van der Waals surface area contributed by atoms with Gasteiger partial charge in [0.2, 0.25) is 5.91 Å². The molecule has 1 aliphatic heterocycles.